The van der Waals surface area contributed by atoms with Crippen molar-refractivity contribution in [2.45, 2.75) is 26.7 Å². The Labute approximate surface area is 169 Å². The number of anilines is 3. The van der Waals surface area contributed by atoms with Gasteiger partial charge in [0.05, 0.1) is 0 Å². The van der Waals surface area contributed by atoms with Gasteiger partial charge in [0.25, 0.3) is 5.91 Å². The molecule has 0 atom stereocenters. The first-order valence-corrected chi connectivity index (χ1v) is 9.41. The average Bonchev–Trinajstić information content (AvgIpc) is 3.16. The standard InChI is InChI=1S/C22H22N4O3/c1-13(2)15-4-6-16(7-5-15)25-22-23-14(3)10-18(26-22)21(27)24-17-8-9-19-20(11-17)29-12-28-19/h4-11,13H,12H2,1-3H3,(H,24,27)(H,23,25,26). The predicted octanol–water partition coefficient (Wildman–Crippen LogP) is 4.63. The monoisotopic (exact) mass is 390 g/mol. The van der Waals surface area contributed by atoms with E-state index in [1.807, 2.05) is 19.1 Å². The van der Waals surface area contributed by atoms with E-state index in [0.29, 0.717) is 34.7 Å². The lowest BCUT2D eigenvalue weighted by Gasteiger charge is -2.10. The van der Waals surface area contributed by atoms with Gasteiger partial charge in [-0.05, 0) is 48.7 Å². The normalized spacial score (nSPS) is 12.1. The number of nitrogens with one attached hydrogen (secondary N) is 2. The fourth-order valence-corrected chi connectivity index (χ4v) is 2.99. The van der Waals surface area contributed by atoms with Crippen LogP contribution in [0.2, 0.25) is 0 Å². The minimum Gasteiger partial charge on any atom is -0.454 e. The lowest BCUT2D eigenvalue weighted by molar-refractivity contribution is 0.102. The highest BCUT2D eigenvalue weighted by molar-refractivity contribution is 6.03. The van der Waals surface area contributed by atoms with Crippen molar-refractivity contribution in [3.63, 3.8) is 0 Å². The lowest BCUT2D eigenvalue weighted by Crippen LogP contribution is -2.15. The number of hydrogen-bond acceptors (Lipinski definition) is 6. The van der Waals surface area contributed by atoms with Crippen molar-refractivity contribution in [3.8, 4) is 11.5 Å². The number of rotatable bonds is 5. The van der Waals surface area contributed by atoms with Gasteiger partial charge < -0.3 is 20.1 Å². The number of nitrogens with zero attached hydrogens (tertiary/aromatic N) is 2. The molecule has 7 heteroatoms. The maximum absolute atomic E-state index is 12.7. The fourth-order valence-electron chi connectivity index (χ4n) is 2.99. The van der Waals surface area contributed by atoms with Gasteiger partial charge in [-0.2, -0.15) is 0 Å². The van der Waals surface area contributed by atoms with Crippen LogP contribution in [-0.4, -0.2) is 22.7 Å². The average molecular weight is 390 g/mol. The van der Waals surface area contributed by atoms with Crippen molar-refractivity contribution in [3.05, 3.63) is 65.5 Å². The molecular formula is C22H22N4O3. The fraction of sp³-hybridized carbons (Fsp3) is 0.227. The van der Waals surface area contributed by atoms with Crippen LogP contribution >= 0.6 is 0 Å². The third-order valence-electron chi connectivity index (χ3n) is 4.55. The summed E-state index contributed by atoms with van der Waals surface area (Å²) in [6, 6.07) is 15.0. The number of fused-ring (bicyclic) bond motifs is 1. The van der Waals surface area contributed by atoms with Crippen molar-refractivity contribution in [2.24, 2.45) is 0 Å². The van der Waals surface area contributed by atoms with Crippen LogP contribution in [0.5, 0.6) is 11.5 Å². The third-order valence-corrected chi connectivity index (χ3v) is 4.55. The van der Waals surface area contributed by atoms with Gasteiger partial charge in [0.2, 0.25) is 12.7 Å². The molecule has 3 aromatic rings. The lowest BCUT2D eigenvalue weighted by atomic mass is 10.0. The summed E-state index contributed by atoms with van der Waals surface area (Å²) in [5.74, 6) is 1.78. The van der Waals surface area contributed by atoms with E-state index in [9.17, 15) is 4.79 Å². The van der Waals surface area contributed by atoms with Crippen LogP contribution < -0.4 is 20.1 Å². The van der Waals surface area contributed by atoms with E-state index in [0.717, 1.165) is 5.69 Å². The zero-order chi connectivity index (χ0) is 20.4. The van der Waals surface area contributed by atoms with E-state index in [2.05, 4.69) is 46.6 Å². The molecule has 148 valence electrons. The smallest absolute Gasteiger partial charge is 0.274 e. The van der Waals surface area contributed by atoms with Crippen molar-refractivity contribution in [1.82, 2.24) is 9.97 Å². The molecule has 1 aliphatic rings. The zero-order valence-corrected chi connectivity index (χ0v) is 16.5. The molecule has 2 N–H and O–H groups in total. The van der Waals surface area contributed by atoms with Crippen molar-refractivity contribution in [1.29, 1.82) is 0 Å². The summed E-state index contributed by atoms with van der Waals surface area (Å²) in [6.45, 7) is 6.31. The quantitative estimate of drug-likeness (QED) is 0.660. The number of aryl methyl sites for hydroxylation is 1. The number of amides is 1. The first kappa shape index (κ1) is 18.7. The van der Waals surface area contributed by atoms with Gasteiger partial charge in [-0.15, -0.1) is 0 Å². The van der Waals surface area contributed by atoms with Gasteiger partial charge in [0.1, 0.15) is 5.69 Å². The van der Waals surface area contributed by atoms with E-state index >= 15 is 0 Å². The molecule has 0 aliphatic carbocycles. The van der Waals surface area contributed by atoms with Crippen LogP contribution in [0.4, 0.5) is 17.3 Å². The third kappa shape index (κ3) is 4.29. The topological polar surface area (TPSA) is 85.4 Å². The Bertz CT molecular complexity index is 1050. The van der Waals surface area contributed by atoms with Gasteiger partial charge in [-0.3, -0.25) is 4.79 Å². The van der Waals surface area contributed by atoms with Crippen LogP contribution in [0.3, 0.4) is 0 Å². The first-order valence-electron chi connectivity index (χ1n) is 9.41. The molecule has 2 heterocycles. The summed E-state index contributed by atoms with van der Waals surface area (Å²) in [7, 11) is 0. The molecule has 7 nitrogen and oxygen atoms in total. The molecule has 0 bridgehead atoms. The number of aromatic nitrogens is 2. The molecule has 2 aromatic carbocycles. The zero-order valence-electron chi connectivity index (χ0n) is 16.5. The predicted molar refractivity (Wildman–Crippen MR) is 111 cm³/mol. The summed E-state index contributed by atoms with van der Waals surface area (Å²) < 4.78 is 10.6. The Balaban J connectivity index is 1.50. The van der Waals surface area contributed by atoms with Gasteiger partial charge in [0.15, 0.2) is 11.5 Å². The number of benzene rings is 2. The van der Waals surface area contributed by atoms with E-state index in [-0.39, 0.29) is 18.4 Å². The summed E-state index contributed by atoms with van der Waals surface area (Å²) >= 11 is 0. The molecule has 0 unspecified atom stereocenters. The Kier molecular flexibility index (Phi) is 5.03. The second-order valence-electron chi connectivity index (χ2n) is 7.14. The van der Waals surface area contributed by atoms with Gasteiger partial charge in [-0.1, -0.05) is 26.0 Å². The first-order chi connectivity index (χ1) is 14.0. The van der Waals surface area contributed by atoms with Gasteiger partial charge >= 0.3 is 0 Å². The Morgan fingerprint density at radius 2 is 1.69 bits per heavy atom. The molecular weight excluding hydrogens is 368 g/mol. The largest absolute Gasteiger partial charge is 0.454 e. The van der Waals surface area contributed by atoms with Crippen LogP contribution in [0, 0.1) is 6.92 Å². The second kappa shape index (κ2) is 7.79. The minimum atomic E-state index is -0.326. The Morgan fingerprint density at radius 3 is 2.45 bits per heavy atom. The highest BCUT2D eigenvalue weighted by Crippen LogP contribution is 2.34. The SMILES string of the molecule is Cc1cc(C(=O)Nc2ccc3c(c2)OCO3)nc(Nc2ccc(C(C)C)cc2)n1. The highest BCUT2D eigenvalue weighted by atomic mass is 16.7. The number of ether oxygens (including phenoxy) is 2. The van der Waals surface area contributed by atoms with E-state index in [4.69, 9.17) is 9.47 Å². The van der Waals surface area contributed by atoms with Crippen molar-refractivity contribution in [2.75, 3.05) is 17.4 Å². The molecule has 0 saturated carbocycles. The molecule has 0 fully saturated rings. The maximum atomic E-state index is 12.7. The van der Waals surface area contributed by atoms with Gasteiger partial charge in [0, 0.05) is 23.1 Å². The van der Waals surface area contributed by atoms with E-state index in [1.165, 1.54) is 5.56 Å². The molecule has 4 rings (SSSR count). The van der Waals surface area contributed by atoms with Crippen LogP contribution in [0.25, 0.3) is 0 Å². The molecule has 29 heavy (non-hydrogen) atoms. The van der Waals surface area contributed by atoms with Crippen LogP contribution in [-0.2, 0) is 0 Å². The molecule has 0 spiro atoms. The second-order valence-corrected chi connectivity index (χ2v) is 7.14. The number of hydrogen-bond donors (Lipinski definition) is 2. The van der Waals surface area contributed by atoms with E-state index < -0.39 is 0 Å². The molecule has 1 amide bonds. The number of carbonyl (C=O) groups excluding carboxylic acids is 1. The maximum Gasteiger partial charge on any atom is 0.274 e. The Morgan fingerprint density at radius 1 is 0.966 bits per heavy atom. The Hall–Kier alpha value is -3.61. The van der Waals surface area contributed by atoms with Crippen molar-refractivity contribution >= 4 is 23.2 Å². The molecule has 1 aliphatic heterocycles. The summed E-state index contributed by atoms with van der Waals surface area (Å²) in [6.07, 6.45) is 0. The molecule has 0 saturated heterocycles. The number of carbonyl (C=O) groups is 1. The molecule has 1 aromatic heterocycles. The van der Waals surface area contributed by atoms with Crippen LogP contribution in [0.15, 0.2) is 48.5 Å². The molecule has 0 radical (unpaired) electrons. The summed E-state index contributed by atoms with van der Waals surface area (Å²) in [4.78, 5) is 21.4. The minimum absolute atomic E-state index is 0.186. The van der Waals surface area contributed by atoms with Gasteiger partial charge in [-0.25, -0.2) is 9.97 Å². The van der Waals surface area contributed by atoms with E-state index in [1.54, 1.807) is 24.3 Å². The van der Waals surface area contributed by atoms with Crippen LogP contribution in [0.1, 0.15) is 41.5 Å². The summed E-state index contributed by atoms with van der Waals surface area (Å²) in [5.41, 5.74) is 3.69. The summed E-state index contributed by atoms with van der Waals surface area (Å²) in [5, 5.41) is 6.00. The highest BCUT2D eigenvalue weighted by Gasteiger charge is 2.16. The van der Waals surface area contributed by atoms with Crippen molar-refractivity contribution < 1.29 is 14.3 Å².